The topological polar surface area (TPSA) is 64.4 Å². The van der Waals surface area contributed by atoms with Gasteiger partial charge in [0.2, 0.25) is 5.91 Å². The van der Waals surface area contributed by atoms with Crippen molar-refractivity contribution in [2.24, 2.45) is 5.73 Å². The Hall–Kier alpha value is -2.47. The third-order valence-corrected chi connectivity index (χ3v) is 4.80. The molecule has 6 heteroatoms. The maximum atomic E-state index is 12.8. The highest BCUT2D eigenvalue weighted by molar-refractivity contribution is 5.87. The van der Waals surface area contributed by atoms with E-state index < -0.39 is 12.2 Å². The van der Waals surface area contributed by atoms with Gasteiger partial charge in [0.25, 0.3) is 0 Å². The lowest BCUT2D eigenvalue weighted by Crippen LogP contribution is -2.50. The molecule has 0 saturated heterocycles. The van der Waals surface area contributed by atoms with Crippen LogP contribution in [0.4, 0.5) is 8.78 Å². The van der Waals surface area contributed by atoms with Crippen LogP contribution in [0.2, 0.25) is 0 Å². The summed E-state index contributed by atoms with van der Waals surface area (Å²) >= 11 is 0. The van der Waals surface area contributed by atoms with Crippen molar-refractivity contribution in [3.63, 3.8) is 0 Å². The number of nitrogens with one attached hydrogen (secondary N) is 1. The quantitative estimate of drug-likeness (QED) is 0.855. The summed E-state index contributed by atoms with van der Waals surface area (Å²) in [4.78, 5) is 12.8. The van der Waals surface area contributed by atoms with E-state index in [-0.39, 0.29) is 17.7 Å². The van der Waals surface area contributed by atoms with Gasteiger partial charge in [-0.05, 0) is 55.0 Å². The van der Waals surface area contributed by atoms with Gasteiger partial charge in [0.15, 0.2) is 0 Å². The predicted molar refractivity (Wildman–Crippen MR) is 94.9 cm³/mol. The molecule has 1 aliphatic carbocycles. The Labute approximate surface area is 151 Å². The minimum atomic E-state index is -2.85. The summed E-state index contributed by atoms with van der Waals surface area (Å²) in [6.07, 6.45) is 2.39. The largest absolute Gasteiger partial charge is 0.435 e. The van der Waals surface area contributed by atoms with Crippen molar-refractivity contribution in [1.82, 2.24) is 5.32 Å². The minimum absolute atomic E-state index is 0.138. The molecule has 0 spiro atoms. The summed E-state index contributed by atoms with van der Waals surface area (Å²) in [5.74, 6) is -0.131. The second kappa shape index (κ2) is 7.41. The molecular formula is C20H22F2N2O2. The number of hydrogen-bond donors (Lipinski definition) is 2. The van der Waals surface area contributed by atoms with Crippen LogP contribution < -0.4 is 15.8 Å². The van der Waals surface area contributed by atoms with E-state index in [2.05, 4.69) is 10.1 Å². The molecule has 4 nitrogen and oxygen atoms in total. The lowest BCUT2D eigenvalue weighted by molar-refractivity contribution is -0.127. The molecule has 0 aliphatic heterocycles. The molecule has 0 bridgehead atoms. The summed E-state index contributed by atoms with van der Waals surface area (Å²) in [5, 5.41) is 3.02. The van der Waals surface area contributed by atoms with E-state index in [0.29, 0.717) is 0 Å². The molecule has 0 saturated carbocycles. The maximum Gasteiger partial charge on any atom is 0.387 e. The van der Waals surface area contributed by atoms with E-state index in [9.17, 15) is 13.6 Å². The number of halogens is 2. The van der Waals surface area contributed by atoms with Gasteiger partial charge in [-0.15, -0.1) is 0 Å². The fourth-order valence-electron chi connectivity index (χ4n) is 3.34. The van der Waals surface area contributed by atoms with E-state index >= 15 is 0 Å². The number of hydrogen-bond acceptors (Lipinski definition) is 3. The van der Waals surface area contributed by atoms with Crippen molar-refractivity contribution in [2.45, 2.75) is 44.4 Å². The number of carbonyl (C=O) groups is 1. The SMILES string of the molecule is CC(N)(C(=O)NC1CCCc2cc(OC(F)F)ccc21)c1ccccc1. The summed E-state index contributed by atoms with van der Waals surface area (Å²) in [5.41, 5.74) is 7.70. The molecule has 0 heterocycles. The van der Waals surface area contributed by atoms with Gasteiger partial charge in [-0.1, -0.05) is 36.4 Å². The van der Waals surface area contributed by atoms with Crippen LogP contribution in [0.5, 0.6) is 5.75 Å². The summed E-state index contributed by atoms with van der Waals surface area (Å²) < 4.78 is 29.3. The fourth-order valence-corrected chi connectivity index (χ4v) is 3.34. The Kier molecular flexibility index (Phi) is 5.23. The number of alkyl halides is 2. The van der Waals surface area contributed by atoms with Crippen molar-refractivity contribution in [1.29, 1.82) is 0 Å². The lowest BCUT2D eigenvalue weighted by atomic mass is 9.86. The first kappa shape index (κ1) is 18.3. The van der Waals surface area contributed by atoms with Crippen LogP contribution in [0, 0.1) is 0 Å². The molecule has 1 aliphatic rings. The van der Waals surface area contributed by atoms with Gasteiger partial charge in [-0.25, -0.2) is 0 Å². The maximum absolute atomic E-state index is 12.8. The van der Waals surface area contributed by atoms with Crippen molar-refractivity contribution < 1.29 is 18.3 Å². The molecule has 0 fully saturated rings. The Morgan fingerprint density at radius 3 is 2.69 bits per heavy atom. The Morgan fingerprint density at radius 2 is 2.00 bits per heavy atom. The van der Waals surface area contributed by atoms with Crippen LogP contribution in [-0.2, 0) is 16.8 Å². The molecule has 138 valence electrons. The fraction of sp³-hybridized carbons (Fsp3) is 0.350. The highest BCUT2D eigenvalue weighted by atomic mass is 19.3. The molecule has 0 aromatic heterocycles. The van der Waals surface area contributed by atoms with Gasteiger partial charge in [-0.2, -0.15) is 8.78 Å². The number of amides is 1. The van der Waals surface area contributed by atoms with E-state index in [1.54, 1.807) is 19.1 Å². The third kappa shape index (κ3) is 3.85. The molecule has 2 aromatic carbocycles. The van der Waals surface area contributed by atoms with Crippen molar-refractivity contribution in [3.05, 3.63) is 65.2 Å². The number of aryl methyl sites for hydroxylation is 1. The average Bonchev–Trinajstić information content (AvgIpc) is 2.62. The lowest BCUT2D eigenvalue weighted by Gasteiger charge is -2.31. The van der Waals surface area contributed by atoms with Gasteiger partial charge in [0, 0.05) is 0 Å². The first-order valence-corrected chi connectivity index (χ1v) is 8.61. The van der Waals surface area contributed by atoms with E-state index in [4.69, 9.17) is 5.73 Å². The predicted octanol–water partition coefficient (Wildman–Crippen LogP) is 3.66. The highest BCUT2D eigenvalue weighted by Crippen LogP contribution is 2.33. The van der Waals surface area contributed by atoms with Gasteiger partial charge in [-0.3, -0.25) is 4.79 Å². The number of fused-ring (bicyclic) bond motifs is 1. The Balaban J connectivity index is 1.78. The van der Waals surface area contributed by atoms with Crippen LogP contribution in [-0.4, -0.2) is 12.5 Å². The normalized spacial score (nSPS) is 18.7. The molecule has 1 amide bonds. The number of ether oxygens (including phenoxy) is 1. The smallest absolute Gasteiger partial charge is 0.387 e. The third-order valence-electron chi connectivity index (χ3n) is 4.80. The molecule has 3 rings (SSSR count). The second-order valence-corrected chi connectivity index (χ2v) is 6.73. The average molecular weight is 360 g/mol. The first-order chi connectivity index (χ1) is 12.4. The zero-order valence-corrected chi connectivity index (χ0v) is 14.5. The standard InChI is InChI=1S/C20H22F2N2O2/c1-20(23,14-7-3-2-4-8-14)18(25)24-17-9-5-6-13-12-15(26-19(21)22)10-11-16(13)17/h2-4,7-8,10-12,17,19H,5-6,9,23H2,1H3,(H,24,25). The molecule has 0 radical (unpaired) electrons. The molecular weight excluding hydrogens is 338 g/mol. The first-order valence-electron chi connectivity index (χ1n) is 8.61. The van der Waals surface area contributed by atoms with E-state index in [1.165, 1.54) is 6.07 Å². The van der Waals surface area contributed by atoms with Crippen LogP contribution in [0.25, 0.3) is 0 Å². The van der Waals surface area contributed by atoms with Crippen molar-refractivity contribution in [2.75, 3.05) is 0 Å². The molecule has 2 unspecified atom stereocenters. The Morgan fingerprint density at radius 1 is 1.27 bits per heavy atom. The van der Waals surface area contributed by atoms with Gasteiger partial charge in [0.05, 0.1) is 6.04 Å². The Bertz CT molecular complexity index is 779. The van der Waals surface area contributed by atoms with E-state index in [0.717, 1.165) is 36.0 Å². The van der Waals surface area contributed by atoms with Crippen LogP contribution in [0.3, 0.4) is 0 Å². The second-order valence-electron chi connectivity index (χ2n) is 6.73. The minimum Gasteiger partial charge on any atom is -0.435 e. The van der Waals surface area contributed by atoms with Gasteiger partial charge < -0.3 is 15.8 Å². The highest BCUT2D eigenvalue weighted by Gasteiger charge is 2.33. The summed E-state index contributed by atoms with van der Waals surface area (Å²) in [6.45, 7) is -1.17. The van der Waals surface area contributed by atoms with Crippen LogP contribution >= 0.6 is 0 Å². The number of rotatable bonds is 5. The number of benzene rings is 2. The number of carbonyl (C=O) groups excluding carboxylic acids is 1. The zero-order chi connectivity index (χ0) is 18.7. The van der Waals surface area contributed by atoms with Crippen LogP contribution in [0.15, 0.2) is 48.5 Å². The van der Waals surface area contributed by atoms with Gasteiger partial charge >= 0.3 is 6.61 Å². The van der Waals surface area contributed by atoms with E-state index in [1.807, 2.05) is 30.3 Å². The molecule has 2 atom stereocenters. The number of nitrogens with two attached hydrogens (primary N) is 1. The van der Waals surface area contributed by atoms with Gasteiger partial charge in [0.1, 0.15) is 11.3 Å². The molecule has 2 aromatic rings. The van der Waals surface area contributed by atoms with Crippen molar-refractivity contribution in [3.8, 4) is 5.75 Å². The molecule has 3 N–H and O–H groups in total. The van der Waals surface area contributed by atoms with Crippen LogP contribution in [0.1, 0.15) is 42.5 Å². The van der Waals surface area contributed by atoms with Crippen molar-refractivity contribution >= 4 is 5.91 Å². The monoisotopic (exact) mass is 360 g/mol. The summed E-state index contributed by atoms with van der Waals surface area (Å²) in [7, 11) is 0. The summed E-state index contributed by atoms with van der Waals surface area (Å²) in [6, 6.07) is 13.9. The zero-order valence-electron chi connectivity index (χ0n) is 14.5. The molecule has 26 heavy (non-hydrogen) atoms.